The SMILES string of the molecule is c1ccc(-c2ccc3c(c2)c2cc4c5ccccc5c5cc(-c6ccc7ccccc7c6)ccc5c4cc2n3-c2cc(-c3ccc4ccccc4c3)nc(-c3ccc4ccccc4c3)c2)cc1. The van der Waals surface area contributed by atoms with Crippen LogP contribution in [0.4, 0.5) is 0 Å². The molecule has 0 atom stereocenters. The summed E-state index contributed by atoms with van der Waals surface area (Å²) < 4.78 is 2.49. The molecule has 14 rings (SSSR count). The summed E-state index contributed by atoms with van der Waals surface area (Å²) >= 11 is 0. The van der Waals surface area contributed by atoms with E-state index in [1.165, 1.54) is 97.7 Å². The van der Waals surface area contributed by atoms with Crippen molar-refractivity contribution in [1.82, 2.24) is 9.55 Å². The van der Waals surface area contributed by atoms with Crippen LogP contribution in [0.25, 0.3) is 137 Å². The zero-order valence-corrected chi connectivity index (χ0v) is 36.5. The molecule has 310 valence electrons. The first kappa shape index (κ1) is 37.5. The average Bonchev–Trinajstić information content (AvgIpc) is 3.72. The monoisotopic (exact) mass is 848 g/mol. The van der Waals surface area contributed by atoms with Gasteiger partial charge >= 0.3 is 0 Å². The average molecular weight is 849 g/mol. The Hall–Kier alpha value is -8.85. The van der Waals surface area contributed by atoms with Gasteiger partial charge in [-0.25, -0.2) is 4.98 Å². The van der Waals surface area contributed by atoms with Gasteiger partial charge in [0.2, 0.25) is 0 Å². The zero-order valence-electron chi connectivity index (χ0n) is 36.5. The van der Waals surface area contributed by atoms with E-state index < -0.39 is 0 Å². The van der Waals surface area contributed by atoms with Crippen LogP contribution in [0.1, 0.15) is 0 Å². The predicted molar refractivity (Wildman–Crippen MR) is 285 cm³/mol. The third kappa shape index (κ3) is 6.15. The molecule has 0 bridgehead atoms. The maximum atomic E-state index is 5.47. The van der Waals surface area contributed by atoms with E-state index in [1.54, 1.807) is 0 Å². The van der Waals surface area contributed by atoms with E-state index in [-0.39, 0.29) is 0 Å². The quantitative estimate of drug-likeness (QED) is 0.158. The van der Waals surface area contributed by atoms with Crippen LogP contribution in [0.15, 0.2) is 243 Å². The van der Waals surface area contributed by atoms with Crippen LogP contribution >= 0.6 is 0 Å². The summed E-state index contributed by atoms with van der Waals surface area (Å²) in [7, 11) is 0. The lowest BCUT2D eigenvalue weighted by Gasteiger charge is -2.15. The normalized spacial score (nSPS) is 11.9. The van der Waals surface area contributed by atoms with Gasteiger partial charge in [0, 0.05) is 21.9 Å². The van der Waals surface area contributed by atoms with Gasteiger partial charge in [0.15, 0.2) is 0 Å². The second-order valence-corrected chi connectivity index (χ2v) is 17.9. The van der Waals surface area contributed by atoms with Gasteiger partial charge in [-0.1, -0.05) is 182 Å². The Morgan fingerprint density at radius 1 is 0.224 bits per heavy atom. The lowest BCUT2D eigenvalue weighted by Crippen LogP contribution is -1.98. The second kappa shape index (κ2) is 14.9. The van der Waals surface area contributed by atoms with Crippen molar-refractivity contribution in [3.8, 4) is 50.5 Å². The standard InChI is InChI=1S/C65H40N2/c1-2-12-41(13-3-1)49-29-31-64-60(36-49)61-39-58-55-21-11-10-20-54(55)57-35-50(48-25-22-42-14-4-7-17-45(42)32-48)28-30-56(57)59(58)40-65(61)67(64)53-37-62(51-26-23-43-15-5-8-18-46(43)33-51)66-63(38-53)52-27-24-44-16-6-9-19-47(44)34-52/h1-40H. The molecule has 0 saturated carbocycles. The van der Waals surface area contributed by atoms with E-state index in [0.29, 0.717) is 0 Å². The third-order valence-electron chi connectivity index (χ3n) is 14.1. The number of aromatic nitrogens is 2. The van der Waals surface area contributed by atoms with E-state index in [4.69, 9.17) is 4.98 Å². The van der Waals surface area contributed by atoms with Crippen LogP contribution < -0.4 is 0 Å². The molecule has 14 aromatic rings. The van der Waals surface area contributed by atoms with Crippen molar-refractivity contribution in [3.63, 3.8) is 0 Å². The Balaban J connectivity index is 1.07. The number of pyridine rings is 1. The van der Waals surface area contributed by atoms with E-state index in [1.807, 2.05) is 0 Å². The van der Waals surface area contributed by atoms with Crippen LogP contribution in [0.5, 0.6) is 0 Å². The Kier molecular flexibility index (Phi) is 8.32. The number of benzene rings is 12. The molecule has 12 aromatic carbocycles. The number of hydrogen-bond acceptors (Lipinski definition) is 1. The van der Waals surface area contributed by atoms with Crippen LogP contribution in [-0.2, 0) is 0 Å². The van der Waals surface area contributed by atoms with Crippen molar-refractivity contribution in [2.45, 2.75) is 0 Å². The molecule has 0 aliphatic rings. The summed E-state index contributed by atoms with van der Waals surface area (Å²) in [6.45, 7) is 0. The first-order chi connectivity index (χ1) is 33.2. The molecular weight excluding hydrogens is 809 g/mol. The van der Waals surface area contributed by atoms with Gasteiger partial charge in [-0.3, -0.25) is 0 Å². The smallest absolute Gasteiger partial charge is 0.0730 e. The lowest BCUT2D eigenvalue weighted by atomic mass is 9.91. The summed E-state index contributed by atoms with van der Waals surface area (Å²) in [4.78, 5) is 5.47. The molecule has 0 amide bonds. The van der Waals surface area contributed by atoms with Gasteiger partial charge in [-0.2, -0.15) is 0 Å². The van der Waals surface area contributed by atoms with Crippen molar-refractivity contribution < 1.29 is 0 Å². The Labute approximate surface area is 387 Å². The molecule has 67 heavy (non-hydrogen) atoms. The van der Waals surface area contributed by atoms with Gasteiger partial charge in [0.25, 0.3) is 0 Å². The Morgan fingerprint density at radius 3 is 1.27 bits per heavy atom. The van der Waals surface area contributed by atoms with Crippen molar-refractivity contribution in [2.75, 3.05) is 0 Å². The molecule has 0 fully saturated rings. The minimum atomic E-state index is 0.931. The van der Waals surface area contributed by atoms with Crippen LogP contribution in [0.3, 0.4) is 0 Å². The first-order valence-corrected chi connectivity index (χ1v) is 23.1. The highest BCUT2D eigenvalue weighted by Crippen LogP contribution is 2.44. The predicted octanol–water partition coefficient (Wildman–Crippen LogP) is 17.8. The summed E-state index contributed by atoms with van der Waals surface area (Å²) in [5.41, 5.74) is 12.2. The molecule has 0 unspecified atom stereocenters. The van der Waals surface area contributed by atoms with Crippen molar-refractivity contribution in [2.24, 2.45) is 0 Å². The van der Waals surface area contributed by atoms with Crippen molar-refractivity contribution >= 4 is 86.4 Å². The summed E-state index contributed by atoms with van der Waals surface area (Å²) in [6.07, 6.45) is 0. The maximum Gasteiger partial charge on any atom is 0.0730 e. The fourth-order valence-corrected chi connectivity index (χ4v) is 10.7. The van der Waals surface area contributed by atoms with Gasteiger partial charge < -0.3 is 4.57 Å². The highest BCUT2D eigenvalue weighted by atomic mass is 15.0. The molecule has 0 radical (unpaired) electrons. The van der Waals surface area contributed by atoms with E-state index in [9.17, 15) is 0 Å². The highest BCUT2D eigenvalue weighted by molar-refractivity contribution is 6.29. The van der Waals surface area contributed by atoms with Crippen molar-refractivity contribution in [3.05, 3.63) is 243 Å². The summed E-state index contributed by atoms with van der Waals surface area (Å²) in [6, 6.07) is 89.2. The second-order valence-electron chi connectivity index (χ2n) is 17.9. The zero-order chi connectivity index (χ0) is 44.0. The van der Waals surface area contributed by atoms with Crippen molar-refractivity contribution in [1.29, 1.82) is 0 Å². The molecule has 0 N–H and O–H groups in total. The minimum absolute atomic E-state index is 0.931. The minimum Gasteiger partial charge on any atom is -0.309 e. The van der Waals surface area contributed by atoms with Crippen LogP contribution in [-0.4, -0.2) is 9.55 Å². The summed E-state index contributed by atoms with van der Waals surface area (Å²) in [5.74, 6) is 0. The maximum absolute atomic E-state index is 5.47. The fourth-order valence-electron chi connectivity index (χ4n) is 10.7. The molecule has 0 saturated heterocycles. The lowest BCUT2D eigenvalue weighted by molar-refractivity contribution is 1.16. The molecule has 2 heteroatoms. The topological polar surface area (TPSA) is 17.8 Å². The van der Waals surface area contributed by atoms with E-state index >= 15 is 0 Å². The summed E-state index contributed by atoms with van der Waals surface area (Å²) in [5, 5.41) is 17.2. The molecular formula is C65H40N2. The third-order valence-corrected chi connectivity index (χ3v) is 14.1. The Morgan fingerprint density at radius 2 is 0.642 bits per heavy atom. The molecule has 2 nitrogen and oxygen atoms in total. The molecule has 0 aliphatic carbocycles. The highest BCUT2D eigenvalue weighted by Gasteiger charge is 2.20. The van der Waals surface area contributed by atoms with Gasteiger partial charge in [0.05, 0.1) is 28.1 Å². The number of hydrogen-bond donors (Lipinski definition) is 0. The van der Waals surface area contributed by atoms with Gasteiger partial charge in [-0.05, 0) is 148 Å². The van der Waals surface area contributed by atoms with E-state index in [0.717, 1.165) is 39.2 Å². The van der Waals surface area contributed by atoms with Crippen LogP contribution in [0, 0.1) is 0 Å². The molecule has 0 spiro atoms. The molecule has 2 aromatic heterocycles. The number of fused-ring (bicyclic) bond motifs is 12. The van der Waals surface area contributed by atoms with Gasteiger partial charge in [0.1, 0.15) is 0 Å². The fraction of sp³-hybridized carbons (Fsp3) is 0. The first-order valence-electron chi connectivity index (χ1n) is 23.1. The van der Waals surface area contributed by atoms with E-state index in [2.05, 4.69) is 247 Å². The van der Waals surface area contributed by atoms with Gasteiger partial charge in [-0.15, -0.1) is 0 Å². The number of nitrogens with zero attached hydrogens (tertiary/aromatic N) is 2. The number of rotatable bonds is 5. The molecule has 2 heterocycles. The van der Waals surface area contributed by atoms with Crippen LogP contribution in [0.2, 0.25) is 0 Å². The Bertz CT molecular complexity index is 4230. The largest absolute Gasteiger partial charge is 0.309 e. The molecule has 0 aliphatic heterocycles.